The fourth-order valence-electron chi connectivity index (χ4n) is 5.11. The number of esters is 2. The Kier molecular flexibility index (Phi) is 15.2. The van der Waals surface area contributed by atoms with Crippen molar-refractivity contribution in [1.29, 1.82) is 0 Å². The number of nitrogen functional groups attached to an aromatic ring is 1. The van der Waals surface area contributed by atoms with E-state index in [0.717, 1.165) is 24.0 Å². The summed E-state index contributed by atoms with van der Waals surface area (Å²) in [5, 5.41) is 6.11. The van der Waals surface area contributed by atoms with Crippen molar-refractivity contribution >= 4 is 36.5 Å². The van der Waals surface area contributed by atoms with Gasteiger partial charge >= 0.3 is 11.9 Å². The molecule has 4 rings (SSSR count). The first-order chi connectivity index (χ1) is 24.2. The highest BCUT2D eigenvalue weighted by Gasteiger charge is 2.36. The molecule has 0 unspecified atom stereocenters. The molecule has 0 aliphatic carbocycles. The Morgan fingerprint density at radius 2 is 1.38 bits per heavy atom. The number of ether oxygens (including phenoxy) is 4. The number of rotatable bonds is 22. The van der Waals surface area contributed by atoms with Crippen LogP contribution in [0.1, 0.15) is 50.7 Å². The Morgan fingerprint density at radius 1 is 0.840 bits per heavy atom. The lowest BCUT2D eigenvalue weighted by Gasteiger charge is -2.29. The second-order valence-corrected chi connectivity index (χ2v) is 14.0. The van der Waals surface area contributed by atoms with E-state index in [4.69, 9.17) is 24.7 Å². The predicted octanol–water partition coefficient (Wildman–Crippen LogP) is 4.67. The van der Waals surface area contributed by atoms with Gasteiger partial charge < -0.3 is 29.2 Å². The third-order valence-corrected chi connectivity index (χ3v) is 9.74. The molecule has 270 valence electrons. The van der Waals surface area contributed by atoms with Crippen LogP contribution in [0.15, 0.2) is 67.0 Å². The molecule has 2 atom stereocenters. The molecule has 0 saturated heterocycles. The number of hydrogen-bond acceptors (Lipinski definition) is 11. The summed E-state index contributed by atoms with van der Waals surface area (Å²) in [5.74, 6) is -0.827. The Labute approximate surface area is 292 Å². The summed E-state index contributed by atoms with van der Waals surface area (Å²) in [6.07, 6.45) is 4.67. The van der Waals surface area contributed by atoms with E-state index in [1.165, 1.54) is 7.11 Å². The first-order valence-corrected chi connectivity index (χ1v) is 18.8. The summed E-state index contributed by atoms with van der Waals surface area (Å²) in [6, 6.07) is 16.7. The van der Waals surface area contributed by atoms with Gasteiger partial charge in [0.05, 0.1) is 33.3 Å². The molecule has 2 aromatic carbocycles. The highest BCUT2D eigenvalue weighted by atomic mass is 31.2. The van der Waals surface area contributed by atoms with Crippen molar-refractivity contribution in [2.24, 2.45) is 0 Å². The van der Waals surface area contributed by atoms with E-state index in [9.17, 15) is 14.2 Å². The minimum Gasteiger partial charge on any atom is -0.479 e. The Balaban J connectivity index is 1.59. The lowest BCUT2D eigenvalue weighted by molar-refractivity contribution is -0.146. The van der Waals surface area contributed by atoms with Crippen molar-refractivity contribution < 1.29 is 33.1 Å². The van der Waals surface area contributed by atoms with Crippen LogP contribution in [-0.2, 0) is 47.8 Å². The van der Waals surface area contributed by atoms with Crippen molar-refractivity contribution in [3.63, 3.8) is 0 Å². The molecule has 50 heavy (non-hydrogen) atoms. The molecular formula is C35H48N7O7P. The van der Waals surface area contributed by atoms with E-state index in [1.807, 2.05) is 74.5 Å². The molecule has 0 saturated carbocycles. The van der Waals surface area contributed by atoms with E-state index in [1.54, 1.807) is 10.9 Å². The molecule has 0 radical (unpaired) electrons. The van der Waals surface area contributed by atoms with E-state index in [0.29, 0.717) is 24.0 Å². The average Bonchev–Trinajstić information content (AvgIpc) is 3.52. The zero-order valence-corrected chi connectivity index (χ0v) is 29.8. The Hall–Kier alpha value is -4.36. The largest absolute Gasteiger partial charge is 0.479 e. The van der Waals surface area contributed by atoms with Gasteiger partial charge in [0, 0.05) is 6.54 Å². The highest BCUT2D eigenvalue weighted by Crippen LogP contribution is 2.39. The van der Waals surface area contributed by atoms with Crippen molar-refractivity contribution in [3.05, 3.63) is 78.1 Å². The molecule has 0 aliphatic rings. The molecule has 0 fully saturated rings. The van der Waals surface area contributed by atoms with Gasteiger partial charge in [0.25, 0.3) is 0 Å². The van der Waals surface area contributed by atoms with Crippen LogP contribution in [0, 0.1) is 0 Å². The number of methoxy groups -OCH3 is 1. The van der Waals surface area contributed by atoms with Crippen LogP contribution >= 0.6 is 7.44 Å². The third-order valence-electron chi connectivity index (χ3n) is 7.74. The van der Waals surface area contributed by atoms with Crippen LogP contribution in [0.25, 0.3) is 11.2 Å². The summed E-state index contributed by atoms with van der Waals surface area (Å²) in [7, 11) is -2.41. The van der Waals surface area contributed by atoms with Crippen LogP contribution in [-0.4, -0.2) is 76.8 Å². The first kappa shape index (κ1) is 38.4. The number of imidazole rings is 1. The topological polar surface area (TPSA) is 182 Å². The number of unbranched alkanes of at least 4 members (excludes halogenated alkanes) is 2. The number of carbonyl (C=O) groups excluding carboxylic acids is 2. The molecule has 2 aromatic heterocycles. The number of anilines is 1. The molecule has 14 nitrogen and oxygen atoms in total. The summed E-state index contributed by atoms with van der Waals surface area (Å²) in [5.41, 5.74) is 8.44. The Bertz CT molecular complexity index is 1620. The summed E-state index contributed by atoms with van der Waals surface area (Å²) < 4.78 is 39.2. The van der Waals surface area contributed by atoms with Gasteiger partial charge in [-0.25, -0.2) is 15.2 Å². The van der Waals surface area contributed by atoms with Crippen molar-refractivity contribution in [1.82, 2.24) is 29.7 Å². The molecule has 2 heterocycles. The fourth-order valence-corrected chi connectivity index (χ4v) is 7.12. The lowest BCUT2D eigenvalue weighted by atomic mass is 10.1. The van der Waals surface area contributed by atoms with Gasteiger partial charge in [-0.2, -0.15) is 9.97 Å². The lowest BCUT2D eigenvalue weighted by Crippen LogP contribution is -2.46. The summed E-state index contributed by atoms with van der Waals surface area (Å²) >= 11 is 0. The van der Waals surface area contributed by atoms with Crippen molar-refractivity contribution in [2.75, 3.05) is 39.0 Å². The number of nitrogens with one attached hydrogen (secondary N) is 2. The molecule has 0 spiro atoms. The van der Waals surface area contributed by atoms with Gasteiger partial charge in [-0.15, -0.1) is 0 Å². The zero-order chi connectivity index (χ0) is 35.8. The smallest absolute Gasteiger partial charge is 0.323 e. The molecule has 4 aromatic rings. The average molecular weight is 710 g/mol. The monoisotopic (exact) mass is 709 g/mol. The highest BCUT2D eigenvalue weighted by molar-refractivity contribution is 7.59. The number of fused-ring (bicyclic) bond motifs is 1. The van der Waals surface area contributed by atoms with Crippen LogP contribution in [0.5, 0.6) is 5.88 Å². The number of aromatic nitrogens is 4. The van der Waals surface area contributed by atoms with Gasteiger partial charge in [0.1, 0.15) is 18.4 Å². The minimum atomic E-state index is -3.88. The van der Waals surface area contributed by atoms with Gasteiger partial charge in [0.2, 0.25) is 19.3 Å². The second-order valence-electron chi connectivity index (χ2n) is 11.8. The standard InChI is InChI=1S/C35H48N7O7P/c1-4-6-19-48-33(43)28(22-26-14-10-8-11-15-26)40-50(45,41-29(34(44)49-20-7-5-2)23-27-16-12-9-13-17-27)25-47-21-18-42-24-37-30-31(42)38-35(36)39-32(30)46-3/h8-17,24,28-29H,4-7,18-23,25H2,1-3H3,(H2,36,38,39)(H2,40,41,45)/t28-,29-/m0/s1. The van der Waals surface area contributed by atoms with Crippen LogP contribution in [0.4, 0.5) is 5.95 Å². The van der Waals surface area contributed by atoms with Gasteiger partial charge in [-0.3, -0.25) is 14.2 Å². The van der Waals surface area contributed by atoms with E-state index in [2.05, 4.69) is 25.1 Å². The Morgan fingerprint density at radius 3 is 1.88 bits per heavy atom. The quantitative estimate of drug-likeness (QED) is 0.0582. The van der Waals surface area contributed by atoms with Gasteiger partial charge in [0.15, 0.2) is 11.2 Å². The third kappa shape index (κ3) is 11.6. The first-order valence-electron chi connectivity index (χ1n) is 16.9. The normalized spacial score (nSPS) is 12.8. The molecular weight excluding hydrogens is 661 g/mol. The molecule has 15 heteroatoms. The molecule has 4 N–H and O–H groups in total. The van der Waals surface area contributed by atoms with Gasteiger partial charge in [-0.05, 0) is 36.8 Å². The number of nitrogens with zero attached hydrogens (tertiary/aromatic N) is 4. The molecule has 0 bridgehead atoms. The fraction of sp³-hybridized carbons (Fsp3) is 0.457. The maximum absolute atomic E-state index is 14.9. The maximum Gasteiger partial charge on any atom is 0.323 e. The van der Waals surface area contributed by atoms with E-state index in [-0.39, 0.29) is 57.4 Å². The molecule has 0 aliphatic heterocycles. The summed E-state index contributed by atoms with van der Waals surface area (Å²) in [4.78, 5) is 39.6. The van der Waals surface area contributed by atoms with Crippen molar-refractivity contribution in [3.8, 4) is 5.88 Å². The number of carbonyl (C=O) groups is 2. The van der Waals surface area contributed by atoms with Gasteiger partial charge in [-0.1, -0.05) is 87.4 Å². The second kappa shape index (κ2) is 19.7. The number of hydrogen-bond donors (Lipinski definition) is 3. The minimum absolute atomic E-state index is 0.0282. The van der Waals surface area contributed by atoms with Crippen molar-refractivity contribution in [2.45, 2.75) is 71.0 Å². The van der Waals surface area contributed by atoms with Crippen LogP contribution < -0.4 is 20.6 Å². The SMILES string of the molecule is CCCCOC(=O)[C@H](Cc1ccccc1)NP(=O)(COCCn1cnc2c(OC)nc(N)nc21)N[C@@H](Cc1ccccc1)C(=O)OCCCC. The van der Waals surface area contributed by atoms with Crippen LogP contribution in [0.2, 0.25) is 0 Å². The van der Waals surface area contributed by atoms with E-state index >= 15 is 0 Å². The number of nitrogens with two attached hydrogens (primary N) is 1. The zero-order valence-electron chi connectivity index (χ0n) is 29.0. The van der Waals surface area contributed by atoms with E-state index < -0.39 is 31.5 Å². The predicted molar refractivity (Wildman–Crippen MR) is 191 cm³/mol. The molecule has 0 amide bonds. The van der Waals surface area contributed by atoms with Crippen LogP contribution in [0.3, 0.4) is 0 Å². The summed E-state index contributed by atoms with van der Waals surface area (Å²) in [6.45, 7) is 4.82. The number of benzene rings is 2. The maximum atomic E-state index is 14.9.